The van der Waals surface area contributed by atoms with Crippen LogP contribution in [0, 0.1) is 5.92 Å². The van der Waals surface area contributed by atoms with E-state index >= 15 is 0 Å². The van der Waals surface area contributed by atoms with E-state index in [1.165, 1.54) is 6.42 Å². The number of aromatic nitrogens is 2. The van der Waals surface area contributed by atoms with Crippen LogP contribution in [0.4, 0.5) is 0 Å². The summed E-state index contributed by atoms with van der Waals surface area (Å²) in [4.78, 5) is 4.04. The van der Waals surface area contributed by atoms with Crippen molar-refractivity contribution in [1.82, 2.24) is 14.9 Å². The molecule has 90 valence electrons. The lowest BCUT2D eigenvalue weighted by atomic mass is 10.1. The van der Waals surface area contributed by atoms with Gasteiger partial charge in [0.1, 0.15) is 0 Å². The van der Waals surface area contributed by atoms with E-state index in [1.54, 1.807) is 0 Å². The van der Waals surface area contributed by atoms with Crippen LogP contribution < -0.4 is 5.32 Å². The highest BCUT2D eigenvalue weighted by Crippen LogP contribution is 2.01. The lowest BCUT2D eigenvalue weighted by molar-refractivity contribution is 0.408. The quantitative estimate of drug-likeness (QED) is 0.683. The number of nitrogens with one attached hydrogen (secondary N) is 1. The zero-order valence-electron chi connectivity index (χ0n) is 10.4. The summed E-state index contributed by atoms with van der Waals surface area (Å²) in [5.41, 5.74) is 0. The molecular weight excluding hydrogens is 198 g/mol. The molecule has 1 aromatic rings. The molecule has 2 atom stereocenters. The van der Waals surface area contributed by atoms with Crippen LogP contribution >= 0.6 is 0 Å². The lowest BCUT2D eigenvalue weighted by Crippen LogP contribution is -2.31. The highest BCUT2D eigenvalue weighted by atomic mass is 15.0. The molecule has 1 aromatic heterocycles. The highest BCUT2D eigenvalue weighted by Gasteiger charge is 2.05. The fraction of sp³-hybridized carbons (Fsp3) is 0.615. The Balaban J connectivity index is 2.14. The van der Waals surface area contributed by atoms with Gasteiger partial charge < -0.3 is 9.88 Å². The van der Waals surface area contributed by atoms with Crippen LogP contribution in [0.3, 0.4) is 0 Å². The minimum absolute atomic E-state index is 0.572. The third kappa shape index (κ3) is 5.12. The van der Waals surface area contributed by atoms with Gasteiger partial charge >= 0.3 is 0 Å². The Labute approximate surface area is 98.6 Å². The van der Waals surface area contributed by atoms with Crippen LogP contribution in [-0.4, -0.2) is 22.1 Å². The number of hydrogen-bond acceptors (Lipinski definition) is 2. The predicted molar refractivity (Wildman–Crippen MR) is 68.3 cm³/mol. The van der Waals surface area contributed by atoms with E-state index in [-0.39, 0.29) is 0 Å². The molecule has 1 rings (SSSR count). The minimum atomic E-state index is 0.572. The average molecular weight is 221 g/mol. The van der Waals surface area contributed by atoms with Crippen LogP contribution in [0.25, 0.3) is 0 Å². The normalized spacial score (nSPS) is 14.6. The first-order valence-corrected chi connectivity index (χ1v) is 6.02. The van der Waals surface area contributed by atoms with Crippen LogP contribution in [0.2, 0.25) is 0 Å². The van der Waals surface area contributed by atoms with Gasteiger partial charge in [0.05, 0.1) is 6.33 Å². The topological polar surface area (TPSA) is 29.9 Å². The smallest absolute Gasteiger partial charge is 0.0946 e. The Morgan fingerprint density at radius 2 is 2.31 bits per heavy atom. The van der Waals surface area contributed by atoms with Crippen LogP contribution in [0.15, 0.2) is 31.4 Å². The third-order valence-corrected chi connectivity index (χ3v) is 2.70. The van der Waals surface area contributed by atoms with Crippen molar-refractivity contribution < 1.29 is 0 Å². The maximum Gasteiger partial charge on any atom is 0.0946 e. The molecule has 3 nitrogen and oxygen atoms in total. The molecule has 0 saturated heterocycles. The van der Waals surface area contributed by atoms with E-state index in [2.05, 4.69) is 35.3 Å². The molecule has 0 saturated carbocycles. The van der Waals surface area contributed by atoms with E-state index in [4.69, 9.17) is 0 Å². The zero-order chi connectivity index (χ0) is 11.8. The molecule has 0 fully saturated rings. The Morgan fingerprint density at radius 1 is 1.50 bits per heavy atom. The molecule has 0 spiro atoms. The largest absolute Gasteiger partial charge is 0.337 e. The lowest BCUT2D eigenvalue weighted by Gasteiger charge is -2.17. The Kier molecular flexibility index (Phi) is 5.86. The Bertz CT molecular complexity index is 279. The van der Waals surface area contributed by atoms with Crippen LogP contribution in [-0.2, 0) is 6.54 Å². The third-order valence-electron chi connectivity index (χ3n) is 2.70. The fourth-order valence-electron chi connectivity index (χ4n) is 1.69. The van der Waals surface area contributed by atoms with Crippen molar-refractivity contribution in [2.75, 3.05) is 6.54 Å². The molecule has 2 unspecified atom stereocenters. The van der Waals surface area contributed by atoms with Crippen molar-refractivity contribution in [3.05, 3.63) is 31.4 Å². The summed E-state index contributed by atoms with van der Waals surface area (Å²) < 4.78 is 2.13. The second kappa shape index (κ2) is 7.23. The summed E-state index contributed by atoms with van der Waals surface area (Å²) in [5, 5.41) is 3.55. The summed E-state index contributed by atoms with van der Waals surface area (Å²) in [6, 6.07) is 0.572. The summed E-state index contributed by atoms with van der Waals surface area (Å²) in [7, 11) is 0. The van der Waals surface area contributed by atoms with Gasteiger partial charge in [-0.1, -0.05) is 13.0 Å². The first-order valence-electron chi connectivity index (χ1n) is 6.02. The molecule has 0 aliphatic carbocycles. The minimum Gasteiger partial charge on any atom is -0.337 e. The van der Waals surface area contributed by atoms with Gasteiger partial charge in [0.15, 0.2) is 0 Å². The van der Waals surface area contributed by atoms with Crippen molar-refractivity contribution >= 4 is 0 Å². The SMILES string of the molecule is C=CCCC(C)NCC(C)Cn1ccnc1. The zero-order valence-corrected chi connectivity index (χ0v) is 10.4. The van der Waals surface area contributed by atoms with Gasteiger partial charge in [0, 0.05) is 25.0 Å². The Morgan fingerprint density at radius 3 is 2.94 bits per heavy atom. The van der Waals surface area contributed by atoms with Gasteiger partial charge in [-0.25, -0.2) is 4.98 Å². The summed E-state index contributed by atoms with van der Waals surface area (Å²) >= 11 is 0. The van der Waals surface area contributed by atoms with Gasteiger partial charge in [-0.15, -0.1) is 6.58 Å². The van der Waals surface area contributed by atoms with Crippen molar-refractivity contribution in [2.24, 2.45) is 5.92 Å². The molecule has 0 aliphatic heterocycles. The molecular formula is C13H23N3. The molecule has 1 heterocycles. The molecule has 0 aromatic carbocycles. The maximum atomic E-state index is 4.04. The molecule has 0 bridgehead atoms. The number of allylic oxidation sites excluding steroid dienone is 1. The van der Waals surface area contributed by atoms with Gasteiger partial charge in [-0.05, 0) is 32.2 Å². The predicted octanol–water partition coefficient (Wildman–Crippen LogP) is 2.46. The molecule has 0 amide bonds. The maximum absolute atomic E-state index is 4.04. The van der Waals surface area contributed by atoms with Gasteiger partial charge in [-0.2, -0.15) is 0 Å². The average Bonchev–Trinajstić information content (AvgIpc) is 2.76. The second-order valence-corrected chi connectivity index (χ2v) is 4.54. The number of imidazole rings is 1. The standard InChI is InChI=1S/C13H23N3/c1-4-5-6-13(3)15-9-12(2)10-16-8-7-14-11-16/h4,7-8,11-13,15H,1,5-6,9-10H2,2-3H3. The second-order valence-electron chi connectivity index (χ2n) is 4.54. The molecule has 16 heavy (non-hydrogen) atoms. The number of nitrogens with zero attached hydrogens (tertiary/aromatic N) is 2. The van der Waals surface area contributed by atoms with Crippen molar-refractivity contribution in [1.29, 1.82) is 0 Å². The number of rotatable bonds is 8. The summed E-state index contributed by atoms with van der Waals surface area (Å²) in [5.74, 6) is 0.625. The Hall–Kier alpha value is -1.09. The number of hydrogen-bond donors (Lipinski definition) is 1. The monoisotopic (exact) mass is 221 g/mol. The van der Waals surface area contributed by atoms with Gasteiger partial charge in [0.25, 0.3) is 0 Å². The van der Waals surface area contributed by atoms with Crippen LogP contribution in [0.1, 0.15) is 26.7 Å². The van der Waals surface area contributed by atoms with Crippen LogP contribution in [0.5, 0.6) is 0 Å². The van der Waals surface area contributed by atoms with E-state index in [9.17, 15) is 0 Å². The molecule has 0 radical (unpaired) electrons. The van der Waals surface area contributed by atoms with Crippen molar-refractivity contribution in [3.63, 3.8) is 0 Å². The van der Waals surface area contributed by atoms with E-state index < -0.39 is 0 Å². The summed E-state index contributed by atoms with van der Waals surface area (Å²) in [6.07, 6.45) is 9.95. The molecule has 0 aliphatic rings. The first kappa shape index (κ1) is 13.0. The van der Waals surface area contributed by atoms with E-state index in [0.717, 1.165) is 19.5 Å². The summed E-state index contributed by atoms with van der Waals surface area (Å²) in [6.45, 7) is 10.3. The molecule has 3 heteroatoms. The molecule has 1 N–H and O–H groups in total. The fourth-order valence-corrected chi connectivity index (χ4v) is 1.69. The van der Waals surface area contributed by atoms with Gasteiger partial charge in [-0.3, -0.25) is 0 Å². The van der Waals surface area contributed by atoms with E-state index in [0.29, 0.717) is 12.0 Å². The van der Waals surface area contributed by atoms with Crippen molar-refractivity contribution in [3.8, 4) is 0 Å². The highest BCUT2D eigenvalue weighted by molar-refractivity contribution is 4.76. The van der Waals surface area contributed by atoms with Crippen molar-refractivity contribution in [2.45, 2.75) is 39.3 Å². The first-order chi connectivity index (χ1) is 7.72. The van der Waals surface area contributed by atoms with Gasteiger partial charge in [0.2, 0.25) is 0 Å². The van der Waals surface area contributed by atoms with E-state index in [1.807, 2.05) is 24.8 Å².